The molecule has 0 radical (unpaired) electrons. The Kier molecular flexibility index (Phi) is 6.11. The number of hydrogen-bond acceptors (Lipinski definition) is 4. The molecule has 0 fully saturated rings. The zero-order chi connectivity index (χ0) is 18.4. The first-order chi connectivity index (χ1) is 11.9. The number of rotatable bonds is 7. The monoisotopic (exact) mass is 342 g/mol. The average molecular weight is 342 g/mol. The summed E-state index contributed by atoms with van der Waals surface area (Å²) in [5.74, 6) is -1.49. The van der Waals surface area contributed by atoms with Gasteiger partial charge in [-0.1, -0.05) is 31.5 Å². The minimum atomic E-state index is -0.828. The molecular weight excluding hydrogens is 320 g/mol. The molecule has 25 heavy (non-hydrogen) atoms. The molecule has 2 N–H and O–H groups in total. The van der Waals surface area contributed by atoms with Crippen LogP contribution in [0, 0.1) is 12.8 Å². The molecule has 6 nitrogen and oxygen atoms in total. The standard InChI is InChI=1S/C19H22N2O4/c1-12(2)17(21-18(23)14-8-6-13(3)7-9-14)19(24)25-11-16(22)15-5-4-10-20-15/h4-10,12,17,20H,11H2,1-3H3,(H,21,23)/t17-/m0/s1. The van der Waals surface area contributed by atoms with E-state index in [1.807, 2.05) is 19.1 Å². The van der Waals surface area contributed by atoms with E-state index in [-0.39, 0.29) is 24.2 Å². The Balaban J connectivity index is 1.97. The lowest BCUT2D eigenvalue weighted by Gasteiger charge is -2.20. The van der Waals surface area contributed by atoms with Crippen molar-refractivity contribution in [3.8, 4) is 0 Å². The maximum atomic E-state index is 12.3. The van der Waals surface area contributed by atoms with E-state index in [1.54, 1.807) is 44.3 Å². The molecule has 0 aliphatic rings. The Morgan fingerprint density at radius 2 is 1.80 bits per heavy atom. The fraction of sp³-hybridized carbons (Fsp3) is 0.316. The van der Waals surface area contributed by atoms with Crippen LogP contribution < -0.4 is 5.32 Å². The summed E-state index contributed by atoms with van der Waals surface area (Å²) in [5, 5.41) is 2.68. The number of esters is 1. The van der Waals surface area contributed by atoms with Gasteiger partial charge in [0, 0.05) is 11.8 Å². The molecule has 1 atom stereocenters. The smallest absolute Gasteiger partial charge is 0.329 e. The van der Waals surface area contributed by atoms with Gasteiger partial charge in [-0.25, -0.2) is 4.79 Å². The van der Waals surface area contributed by atoms with E-state index >= 15 is 0 Å². The third kappa shape index (κ3) is 5.04. The number of hydrogen-bond donors (Lipinski definition) is 2. The number of nitrogens with one attached hydrogen (secondary N) is 2. The minimum Gasteiger partial charge on any atom is -0.456 e. The van der Waals surface area contributed by atoms with Crippen LogP contribution in [0.25, 0.3) is 0 Å². The van der Waals surface area contributed by atoms with Gasteiger partial charge in [-0.05, 0) is 37.1 Å². The van der Waals surface area contributed by atoms with Crippen LogP contribution in [0.1, 0.15) is 40.3 Å². The highest BCUT2D eigenvalue weighted by Gasteiger charge is 2.27. The van der Waals surface area contributed by atoms with Crippen LogP contribution in [0.15, 0.2) is 42.6 Å². The van der Waals surface area contributed by atoms with Crippen molar-refractivity contribution >= 4 is 17.7 Å². The van der Waals surface area contributed by atoms with Crippen molar-refractivity contribution in [1.82, 2.24) is 10.3 Å². The lowest BCUT2D eigenvalue weighted by molar-refractivity contribution is -0.145. The number of H-pyrrole nitrogens is 1. The first-order valence-electron chi connectivity index (χ1n) is 8.09. The van der Waals surface area contributed by atoms with E-state index in [9.17, 15) is 14.4 Å². The van der Waals surface area contributed by atoms with E-state index in [0.29, 0.717) is 11.3 Å². The molecule has 0 aliphatic heterocycles. The van der Waals surface area contributed by atoms with Gasteiger partial charge in [0.05, 0.1) is 5.69 Å². The summed E-state index contributed by atoms with van der Waals surface area (Å²) in [6, 6.07) is 9.51. The van der Waals surface area contributed by atoms with Crippen LogP contribution in [-0.2, 0) is 9.53 Å². The van der Waals surface area contributed by atoms with Gasteiger partial charge < -0.3 is 15.0 Å². The second-order valence-corrected chi connectivity index (χ2v) is 6.18. The molecule has 1 aromatic heterocycles. The maximum Gasteiger partial charge on any atom is 0.329 e. The minimum absolute atomic E-state index is 0.178. The molecule has 0 spiro atoms. The first kappa shape index (κ1) is 18.4. The third-order valence-electron chi connectivity index (χ3n) is 3.76. The van der Waals surface area contributed by atoms with Gasteiger partial charge in [-0.2, -0.15) is 0 Å². The molecular formula is C19H22N2O4. The number of ketones is 1. The molecule has 1 heterocycles. The van der Waals surface area contributed by atoms with E-state index < -0.39 is 12.0 Å². The molecule has 132 valence electrons. The molecule has 0 saturated heterocycles. The molecule has 0 saturated carbocycles. The normalized spacial score (nSPS) is 11.8. The SMILES string of the molecule is Cc1ccc(C(=O)N[C@H](C(=O)OCC(=O)c2ccc[nH]2)C(C)C)cc1. The first-order valence-corrected chi connectivity index (χ1v) is 8.09. The highest BCUT2D eigenvalue weighted by molar-refractivity contribution is 5.98. The molecule has 0 unspecified atom stereocenters. The fourth-order valence-corrected chi connectivity index (χ4v) is 2.24. The van der Waals surface area contributed by atoms with Crippen molar-refractivity contribution in [2.75, 3.05) is 6.61 Å². The van der Waals surface area contributed by atoms with E-state index in [0.717, 1.165) is 5.56 Å². The Hall–Kier alpha value is -2.89. The number of aryl methyl sites for hydroxylation is 1. The summed E-state index contributed by atoms with van der Waals surface area (Å²) in [6.07, 6.45) is 1.62. The topological polar surface area (TPSA) is 88.3 Å². The maximum absolute atomic E-state index is 12.3. The van der Waals surface area contributed by atoms with Gasteiger partial charge >= 0.3 is 5.97 Å². The van der Waals surface area contributed by atoms with E-state index in [4.69, 9.17) is 4.74 Å². The van der Waals surface area contributed by atoms with Crippen molar-refractivity contribution in [3.63, 3.8) is 0 Å². The summed E-state index contributed by atoms with van der Waals surface area (Å²) in [6.45, 7) is 5.16. The number of carbonyl (C=O) groups is 3. The van der Waals surface area contributed by atoms with E-state index in [1.165, 1.54) is 0 Å². The van der Waals surface area contributed by atoms with Crippen LogP contribution in [0.5, 0.6) is 0 Å². The third-order valence-corrected chi connectivity index (χ3v) is 3.76. The molecule has 2 aromatic rings. The Morgan fingerprint density at radius 1 is 1.12 bits per heavy atom. The average Bonchev–Trinajstić information content (AvgIpc) is 3.12. The second kappa shape index (κ2) is 8.28. The zero-order valence-electron chi connectivity index (χ0n) is 14.5. The number of amides is 1. The van der Waals surface area contributed by atoms with Crippen LogP contribution in [-0.4, -0.2) is 35.3 Å². The molecule has 1 aromatic carbocycles. The summed E-state index contributed by atoms with van der Waals surface area (Å²) < 4.78 is 5.08. The zero-order valence-corrected chi connectivity index (χ0v) is 14.5. The van der Waals surface area contributed by atoms with Gasteiger partial charge in [0.25, 0.3) is 5.91 Å². The fourth-order valence-electron chi connectivity index (χ4n) is 2.24. The summed E-state index contributed by atoms with van der Waals surface area (Å²) in [7, 11) is 0. The predicted octanol–water partition coefficient (Wildman–Crippen LogP) is 2.50. The number of carbonyl (C=O) groups excluding carboxylic acids is 3. The highest BCUT2D eigenvalue weighted by atomic mass is 16.5. The number of benzene rings is 1. The Morgan fingerprint density at radius 3 is 2.36 bits per heavy atom. The van der Waals surface area contributed by atoms with Gasteiger partial charge in [-0.15, -0.1) is 0 Å². The molecule has 0 bridgehead atoms. The van der Waals surface area contributed by atoms with Crippen LogP contribution >= 0.6 is 0 Å². The number of aromatic amines is 1. The quantitative estimate of drug-likeness (QED) is 0.598. The van der Waals surface area contributed by atoms with Crippen molar-refractivity contribution < 1.29 is 19.1 Å². The van der Waals surface area contributed by atoms with E-state index in [2.05, 4.69) is 10.3 Å². The molecule has 2 rings (SSSR count). The van der Waals surface area contributed by atoms with Gasteiger partial charge in [-0.3, -0.25) is 9.59 Å². The number of ether oxygens (including phenoxy) is 1. The van der Waals surface area contributed by atoms with Gasteiger partial charge in [0.15, 0.2) is 6.61 Å². The number of Topliss-reactive ketones (excluding diaryl/α,β-unsaturated/α-hetero) is 1. The Bertz CT molecular complexity index is 733. The summed E-state index contributed by atoms with van der Waals surface area (Å²) in [4.78, 5) is 39.2. The van der Waals surface area contributed by atoms with Crippen molar-refractivity contribution in [1.29, 1.82) is 0 Å². The highest BCUT2D eigenvalue weighted by Crippen LogP contribution is 2.08. The van der Waals surface area contributed by atoms with Crippen molar-refractivity contribution in [2.45, 2.75) is 26.8 Å². The predicted molar refractivity (Wildman–Crippen MR) is 93.4 cm³/mol. The van der Waals surface area contributed by atoms with Crippen LogP contribution in [0.2, 0.25) is 0 Å². The van der Waals surface area contributed by atoms with Crippen molar-refractivity contribution in [2.24, 2.45) is 5.92 Å². The second-order valence-electron chi connectivity index (χ2n) is 6.18. The van der Waals surface area contributed by atoms with Gasteiger partial charge in [0.2, 0.25) is 5.78 Å². The summed E-state index contributed by atoms with van der Waals surface area (Å²) in [5.41, 5.74) is 1.88. The van der Waals surface area contributed by atoms with Crippen LogP contribution in [0.4, 0.5) is 0 Å². The van der Waals surface area contributed by atoms with Crippen LogP contribution in [0.3, 0.4) is 0 Å². The van der Waals surface area contributed by atoms with Crippen molar-refractivity contribution in [3.05, 3.63) is 59.4 Å². The largest absolute Gasteiger partial charge is 0.456 e. The number of aromatic nitrogens is 1. The molecule has 6 heteroatoms. The Labute approximate surface area is 146 Å². The lowest BCUT2D eigenvalue weighted by atomic mass is 10.0. The summed E-state index contributed by atoms with van der Waals surface area (Å²) >= 11 is 0. The molecule has 0 aliphatic carbocycles. The lowest BCUT2D eigenvalue weighted by Crippen LogP contribution is -2.45. The molecule has 1 amide bonds. The van der Waals surface area contributed by atoms with Gasteiger partial charge in [0.1, 0.15) is 6.04 Å².